The van der Waals surface area contributed by atoms with Gasteiger partial charge in [-0.3, -0.25) is 0 Å². The number of halogens is 1. The lowest BCUT2D eigenvalue weighted by Crippen LogP contribution is -2.05. The van der Waals surface area contributed by atoms with Gasteiger partial charge in [0, 0.05) is 23.3 Å². The molecule has 0 fully saturated rings. The summed E-state index contributed by atoms with van der Waals surface area (Å²) in [4.78, 5) is 8.90. The number of aryl methyl sites for hydroxylation is 1. The molecule has 2 N–H and O–H groups in total. The van der Waals surface area contributed by atoms with E-state index in [9.17, 15) is 0 Å². The molecule has 6 heteroatoms. The van der Waals surface area contributed by atoms with E-state index in [2.05, 4.69) is 27.5 Å². The van der Waals surface area contributed by atoms with Gasteiger partial charge in [-0.1, -0.05) is 36.4 Å². The van der Waals surface area contributed by atoms with E-state index < -0.39 is 0 Å². The molecule has 112 valence electrons. The summed E-state index contributed by atoms with van der Waals surface area (Å²) < 4.78 is 0. The highest BCUT2D eigenvalue weighted by Gasteiger charge is 2.05. The zero-order valence-corrected chi connectivity index (χ0v) is 14.0. The molecule has 0 aliphatic heterocycles. The van der Waals surface area contributed by atoms with Crippen molar-refractivity contribution in [1.29, 1.82) is 0 Å². The van der Waals surface area contributed by atoms with E-state index in [0.717, 1.165) is 46.0 Å². The van der Waals surface area contributed by atoms with Crippen molar-refractivity contribution in [2.75, 3.05) is 23.4 Å². The lowest BCUT2D eigenvalue weighted by Gasteiger charge is -2.11. The normalized spacial score (nSPS) is 10.5. The maximum atomic E-state index is 6.15. The van der Waals surface area contributed by atoms with Crippen LogP contribution < -0.4 is 10.6 Å². The van der Waals surface area contributed by atoms with Crippen molar-refractivity contribution in [2.45, 2.75) is 25.4 Å². The minimum atomic E-state index is 0.733. The second-order valence-electron chi connectivity index (χ2n) is 4.64. The van der Waals surface area contributed by atoms with Gasteiger partial charge < -0.3 is 10.6 Å². The summed E-state index contributed by atoms with van der Waals surface area (Å²) in [6.45, 7) is 4.99. The molecule has 0 bridgehead atoms. The average Bonchev–Trinajstić information content (AvgIpc) is 2.48. The highest BCUT2D eigenvalue weighted by Crippen LogP contribution is 2.24. The Morgan fingerprint density at radius 1 is 1.19 bits per heavy atom. The predicted octanol–water partition coefficient (Wildman–Crippen LogP) is 4.73. The molecule has 4 nitrogen and oxygen atoms in total. The molecule has 1 aromatic carbocycles. The van der Waals surface area contributed by atoms with Crippen LogP contribution in [0.25, 0.3) is 0 Å². The standard InChI is InChI=1S/C15H19ClN4S/c1-4-7-17-13-9-14(20-15(19-13)21-3)18-11-6-5-10(2)12(16)8-11/h5-6,8-9H,4,7H2,1-3H3,(H2,17,18,19,20). The van der Waals surface area contributed by atoms with Crippen LogP contribution in [0.1, 0.15) is 18.9 Å². The Kier molecular flexibility index (Phi) is 5.70. The highest BCUT2D eigenvalue weighted by atomic mass is 35.5. The number of nitrogens with zero attached hydrogens (tertiary/aromatic N) is 2. The van der Waals surface area contributed by atoms with E-state index in [1.807, 2.05) is 37.4 Å². The molecule has 0 unspecified atom stereocenters. The SMILES string of the molecule is CCCNc1cc(Nc2ccc(C)c(Cl)c2)nc(SC)n1. The van der Waals surface area contributed by atoms with Crippen molar-refractivity contribution < 1.29 is 0 Å². The maximum Gasteiger partial charge on any atom is 0.191 e. The fraction of sp³-hybridized carbons (Fsp3) is 0.333. The summed E-state index contributed by atoms with van der Waals surface area (Å²) in [6.07, 6.45) is 3.01. The lowest BCUT2D eigenvalue weighted by molar-refractivity contribution is 0.929. The van der Waals surface area contributed by atoms with Gasteiger partial charge in [-0.05, 0) is 37.3 Å². The van der Waals surface area contributed by atoms with Crippen LogP contribution in [-0.2, 0) is 0 Å². The van der Waals surface area contributed by atoms with E-state index in [1.165, 1.54) is 11.8 Å². The first-order valence-corrected chi connectivity index (χ1v) is 8.42. The molecular weight excluding hydrogens is 304 g/mol. The van der Waals surface area contributed by atoms with Crippen LogP contribution in [0.5, 0.6) is 0 Å². The van der Waals surface area contributed by atoms with Crippen LogP contribution in [0.3, 0.4) is 0 Å². The number of aromatic nitrogens is 2. The maximum absolute atomic E-state index is 6.15. The largest absolute Gasteiger partial charge is 0.370 e. The Morgan fingerprint density at radius 2 is 1.95 bits per heavy atom. The third-order valence-electron chi connectivity index (χ3n) is 2.89. The van der Waals surface area contributed by atoms with Crippen LogP contribution in [0.15, 0.2) is 29.4 Å². The second kappa shape index (κ2) is 7.52. The van der Waals surface area contributed by atoms with Crippen LogP contribution >= 0.6 is 23.4 Å². The zero-order chi connectivity index (χ0) is 15.2. The second-order valence-corrected chi connectivity index (χ2v) is 5.82. The zero-order valence-electron chi connectivity index (χ0n) is 12.4. The molecule has 0 amide bonds. The van der Waals surface area contributed by atoms with Gasteiger partial charge >= 0.3 is 0 Å². The van der Waals surface area contributed by atoms with E-state index >= 15 is 0 Å². The molecule has 0 aliphatic carbocycles. The van der Waals surface area contributed by atoms with Gasteiger partial charge in [0.1, 0.15) is 11.6 Å². The molecule has 0 saturated heterocycles. The molecule has 2 rings (SSSR count). The molecule has 0 radical (unpaired) electrons. The number of benzene rings is 1. The van der Waals surface area contributed by atoms with Crippen LogP contribution in [0, 0.1) is 6.92 Å². The minimum Gasteiger partial charge on any atom is -0.370 e. The molecule has 0 aliphatic rings. The molecule has 21 heavy (non-hydrogen) atoms. The Labute approximate surface area is 134 Å². The Balaban J connectivity index is 2.23. The number of thioether (sulfide) groups is 1. The third-order valence-corrected chi connectivity index (χ3v) is 3.84. The van der Waals surface area contributed by atoms with E-state index in [4.69, 9.17) is 11.6 Å². The topological polar surface area (TPSA) is 49.8 Å². The molecule has 1 heterocycles. The van der Waals surface area contributed by atoms with Crippen LogP contribution in [0.2, 0.25) is 5.02 Å². The van der Waals surface area contributed by atoms with Crippen LogP contribution in [-0.4, -0.2) is 22.8 Å². The lowest BCUT2D eigenvalue weighted by atomic mass is 10.2. The van der Waals surface area contributed by atoms with E-state index in [1.54, 1.807) is 0 Å². The van der Waals surface area contributed by atoms with Crippen molar-refractivity contribution in [3.05, 3.63) is 34.9 Å². The summed E-state index contributed by atoms with van der Waals surface area (Å²) >= 11 is 7.67. The Morgan fingerprint density at radius 3 is 2.62 bits per heavy atom. The highest BCUT2D eigenvalue weighted by molar-refractivity contribution is 7.98. The van der Waals surface area contributed by atoms with Crippen molar-refractivity contribution in [2.24, 2.45) is 0 Å². The van der Waals surface area contributed by atoms with Crippen molar-refractivity contribution in [3.63, 3.8) is 0 Å². The first-order valence-electron chi connectivity index (χ1n) is 6.82. The molecular formula is C15H19ClN4S. The van der Waals surface area contributed by atoms with E-state index in [-0.39, 0.29) is 0 Å². The first kappa shape index (κ1) is 15.9. The summed E-state index contributed by atoms with van der Waals surface area (Å²) in [7, 11) is 0. The molecule has 0 saturated carbocycles. The van der Waals surface area contributed by atoms with Crippen molar-refractivity contribution in [3.8, 4) is 0 Å². The predicted molar refractivity (Wildman–Crippen MR) is 92.1 cm³/mol. The third kappa shape index (κ3) is 4.51. The number of rotatable bonds is 6. The molecule has 0 atom stereocenters. The smallest absolute Gasteiger partial charge is 0.191 e. The first-order chi connectivity index (χ1) is 10.1. The fourth-order valence-corrected chi connectivity index (χ4v) is 2.30. The van der Waals surface area contributed by atoms with Gasteiger partial charge in [-0.25, -0.2) is 9.97 Å². The van der Waals surface area contributed by atoms with Crippen LogP contribution in [0.4, 0.5) is 17.3 Å². The molecule has 0 spiro atoms. The van der Waals surface area contributed by atoms with Crippen molar-refractivity contribution >= 4 is 40.7 Å². The van der Waals surface area contributed by atoms with Gasteiger partial charge in [-0.15, -0.1) is 0 Å². The van der Waals surface area contributed by atoms with Gasteiger partial charge in [0.15, 0.2) is 5.16 Å². The Hall–Kier alpha value is -1.46. The van der Waals surface area contributed by atoms with Crippen molar-refractivity contribution in [1.82, 2.24) is 9.97 Å². The Bertz CT molecular complexity index is 619. The fourth-order valence-electron chi connectivity index (χ4n) is 1.74. The van der Waals surface area contributed by atoms with E-state index in [0.29, 0.717) is 0 Å². The number of nitrogens with one attached hydrogen (secondary N) is 2. The quantitative estimate of drug-likeness (QED) is 0.595. The molecule has 1 aromatic heterocycles. The van der Waals surface area contributed by atoms with Gasteiger partial charge in [0.05, 0.1) is 0 Å². The number of anilines is 3. The number of hydrogen-bond donors (Lipinski definition) is 2. The summed E-state index contributed by atoms with van der Waals surface area (Å²) in [5.41, 5.74) is 1.97. The minimum absolute atomic E-state index is 0.733. The molecule has 2 aromatic rings. The monoisotopic (exact) mass is 322 g/mol. The van der Waals surface area contributed by atoms with Gasteiger partial charge in [-0.2, -0.15) is 0 Å². The summed E-state index contributed by atoms with van der Waals surface area (Å²) in [6, 6.07) is 7.78. The van der Waals surface area contributed by atoms with Gasteiger partial charge in [0.2, 0.25) is 0 Å². The number of hydrogen-bond acceptors (Lipinski definition) is 5. The van der Waals surface area contributed by atoms with Gasteiger partial charge in [0.25, 0.3) is 0 Å². The average molecular weight is 323 g/mol. The summed E-state index contributed by atoms with van der Waals surface area (Å²) in [5, 5.41) is 8.03. The summed E-state index contributed by atoms with van der Waals surface area (Å²) in [5.74, 6) is 1.59.